The Labute approximate surface area is 128 Å². The van der Waals surface area contributed by atoms with Crippen molar-refractivity contribution in [2.75, 3.05) is 7.11 Å². The minimum Gasteiger partial charge on any atom is -0.497 e. The Bertz CT molecular complexity index is 637. The molecule has 1 radical (unpaired) electrons. The van der Waals surface area contributed by atoms with Crippen molar-refractivity contribution in [3.05, 3.63) is 65.7 Å². The Kier molecular flexibility index (Phi) is 5.14. The van der Waals surface area contributed by atoms with Gasteiger partial charge in [0.25, 0.3) is 5.91 Å². The first kappa shape index (κ1) is 15.6. The standard InChI is InChI=1S/C17H16NO4/c1-21-14-9-7-12(8-10-14)11-22-17(20)15(16(18)19)13-5-3-2-4-6-13/h2-10,15,18H,11H2,1H3. The second kappa shape index (κ2) is 7.26. The lowest BCUT2D eigenvalue weighted by molar-refractivity contribution is -0.149. The van der Waals surface area contributed by atoms with Gasteiger partial charge in [-0.15, -0.1) is 0 Å². The number of ether oxygens (including phenoxy) is 2. The van der Waals surface area contributed by atoms with Crippen LogP contribution >= 0.6 is 0 Å². The zero-order chi connectivity index (χ0) is 15.9. The third kappa shape index (κ3) is 3.85. The van der Waals surface area contributed by atoms with E-state index in [0.717, 1.165) is 5.56 Å². The van der Waals surface area contributed by atoms with Crippen molar-refractivity contribution in [3.63, 3.8) is 0 Å². The molecule has 1 unspecified atom stereocenters. The smallest absolute Gasteiger partial charge is 0.323 e. The van der Waals surface area contributed by atoms with Crippen molar-refractivity contribution < 1.29 is 19.1 Å². The van der Waals surface area contributed by atoms with Gasteiger partial charge in [-0.1, -0.05) is 42.5 Å². The molecule has 113 valence electrons. The van der Waals surface area contributed by atoms with E-state index in [9.17, 15) is 9.59 Å². The fraction of sp³-hybridized carbons (Fsp3) is 0.176. The molecule has 0 aliphatic carbocycles. The van der Waals surface area contributed by atoms with E-state index in [2.05, 4.69) is 0 Å². The molecule has 1 N–H and O–H groups in total. The number of methoxy groups -OCH3 is 1. The van der Waals surface area contributed by atoms with Gasteiger partial charge in [-0.25, -0.2) is 0 Å². The molecule has 0 aliphatic rings. The highest BCUT2D eigenvalue weighted by Crippen LogP contribution is 2.19. The van der Waals surface area contributed by atoms with Crippen molar-refractivity contribution in [1.29, 1.82) is 0 Å². The Morgan fingerprint density at radius 3 is 2.23 bits per heavy atom. The van der Waals surface area contributed by atoms with Crippen LogP contribution in [0, 0.1) is 0 Å². The molecular formula is C17H16NO4. The maximum absolute atomic E-state index is 12.1. The lowest BCUT2D eigenvalue weighted by Gasteiger charge is -2.13. The summed E-state index contributed by atoms with van der Waals surface area (Å²) in [5.74, 6) is -2.20. The van der Waals surface area contributed by atoms with Gasteiger partial charge in [-0.2, -0.15) is 0 Å². The molecule has 0 saturated carbocycles. The maximum atomic E-state index is 12.1. The van der Waals surface area contributed by atoms with Gasteiger partial charge in [0.05, 0.1) is 7.11 Å². The summed E-state index contributed by atoms with van der Waals surface area (Å²) in [6, 6.07) is 15.5. The molecule has 5 heteroatoms. The fourth-order valence-electron chi connectivity index (χ4n) is 2.00. The molecule has 2 aromatic rings. The highest BCUT2D eigenvalue weighted by Gasteiger charge is 2.28. The molecule has 5 nitrogen and oxygen atoms in total. The molecule has 22 heavy (non-hydrogen) atoms. The number of carbonyl (C=O) groups is 2. The van der Waals surface area contributed by atoms with Crippen molar-refractivity contribution in [2.24, 2.45) is 0 Å². The van der Waals surface area contributed by atoms with Crippen molar-refractivity contribution >= 4 is 11.9 Å². The van der Waals surface area contributed by atoms with Crippen LogP contribution < -0.4 is 10.5 Å². The van der Waals surface area contributed by atoms with Crippen molar-refractivity contribution in [3.8, 4) is 5.75 Å². The number of nitrogens with one attached hydrogen (secondary N) is 1. The summed E-state index contributed by atoms with van der Waals surface area (Å²) in [7, 11) is 1.57. The number of amides is 1. The second-order valence-electron chi connectivity index (χ2n) is 4.66. The lowest BCUT2D eigenvalue weighted by Crippen LogP contribution is -2.24. The molecule has 2 rings (SSSR count). The highest BCUT2D eigenvalue weighted by molar-refractivity contribution is 6.02. The molecule has 0 aromatic heterocycles. The molecule has 0 saturated heterocycles. The van der Waals surface area contributed by atoms with Crippen LogP contribution in [0.4, 0.5) is 0 Å². The van der Waals surface area contributed by atoms with E-state index in [1.54, 1.807) is 61.7 Å². The van der Waals surface area contributed by atoms with E-state index >= 15 is 0 Å². The Morgan fingerprint density at radius 2 is 1.68 bits per heavy atom. The van der Waals surface area contributed by atoms with Crippen LogP contribution in [0.25, 0.3) is 0 Å². The SMILES string of the molecule is COc1ccc(COC(=O)C(C([NH])=O)c2ccccc2)cc1. The molecular weight excluding hydrogens is 282 g/mol. The van der Waals surface area contributed by atoms with Gasteiger partial charge >= 0.3 is 5.97 Å². The topological polar surface area (TPSA) is 76.4 Å². The molecule has 0 fully saturated rings. The molecule has 2 aromatic carbocycles. The Hall–Kier alpha value is -2.82. The average Bonchev–Trinajstić information content (AvgIpc) is 2.54. The average molecular weight is 298 g/mol. The predicted octanol–water partition coefficient (Wildman–Crippen LogP) is 2.33. The van der Waals surface area contributed by atoms with Crippen LogP contribution in [0.3, 0.4) is 0 Å². The molecule has 0 heterocycles. The van der Waals surface area contributed by atoms with Gasteiger partial charge in [-0.3, -0.25) is 15.3 Å². The maximum Gasteiger partial charge on any atom is 0.323 e. The van der Waals surface area contributed by atoms with Gasteiger partial charge in [0.2, 0.25) is 0 Å². The minimum atomic E-state index is -1.21. The number of carbonyl (C=O) groups excluding carboxylic acids is 2. The minimum absolute atomic E-state index is 0.0411. The van der Waals surface area contributed by atoms with Crippen molar-refractivity contribution in [2.45, 2.75) is 12.5 Å². The van der Waals surface area contributed by atoms with Gasteiger partial charge < -0.3 is 9.47 Å². The Morgan fingerprint density at radius 1 is 1.05 bits per heavy atom. The van der Waals surface area contributed by atoms with E-state index in [-0.39, 0.29) is 6.61 Å². The van der Waals surface area contributed by atoms with Crippen LogP contribution in [0.5, 0.6) is 5.75 Å². The summed E-state index contributed by atoms with van der Waals surface area (Å²) in [5.41, 5.74) is 8.52. The monoisotopic (exact) mass is 298 g/mol. The van der Waals surface area contributed by atoms with Gasteiger partial charge in [-0.05, 0) is 23.3 Å². The van der Waals surface area contributed by atoms with Crippen molar-refractivity contribution in [1.82, 2.24) is 5.73 Å². The summed E-state index contributed by atoms with van der Waals surface area (Å²) < 4.78 is 10.2. The third-order valence-corrected chi connectivity index (χ3v) is 3.17. The lowest BCUT2D eigenvalue weighted by atomic mass is 9.99. The summed E-state index contributed by atoms with van der Waals surface area (Å²) in [6.45, 7) is 0.0411. The van der Waals surface area contributed by atoms with Crippen LogP contribution in [-0.2, 0) is 20.9 Å². The molecule has 0 spiro atoms. The number of rotatable bonds is 6. The van der Waals surface area contributed by atoms with Gasteiger partial charge in [0.15, 0.2) is 5.92 Å². The first-order valence-electron chi connectivity index (χ1n) is 6.72. The van der Waals surface area contributed by atoms with E-state index < -0.39 is 17.8 Å². The van der Waals surface area contributed by atoms with E-state index in [4.69, 9.17) is 15.2 Å². The normalized spacial score (nSPS) is 11.5. The molecule has 1 atom stereocenters. The first-order valence-corrected chi connectivity index (χ1v) is 6.72. The zero-order valence-corrected chi connectivity index (χ0v) is 12.1. The molecule has 0 bridgehead atoms. The van der Waals surface area contributed by atoms with Crippen LogP contribution in [0.1, 0.15) is 17.0 Å². The summed E-state index contributed by atoms with van der Waals surface area (Å²) in [4.78, 5) is 23.5. The summed E-state index contributed by atoms with van der Waals surface area (Å²) in [6.07, 6.45) is 0. The van der Waals surface area contributed by atoms with E-state index in [1.807, 2.05) is 0 Å². The van der Waals surface area contributed by atoms with Crippen LogP contribution in [0.15, 0.2) is 54.6 Å². The molecule has 0 aliphatic heterocycles. The summed E-state index contributed by atoms with van der Waals surface area (Å²) in [5, 5.41) is 0. The molecule has 1 amide bonds. The predicted molar refractivity (Wildman–Crippen MR) is 80.1 cm³/mol. The fourth-order valence-corrected chi connectivity index (χ4v) is 2.00. The van der Waals surface area contributed by atoms with Gasteiger partial charge in [0, 0.05) is 0 Å². The number of esters is 1. The van der Waals surface area contributed by atoms with Crippen LogP contribution in [-0.4, -0.2) is 19.0 Å². The van der Waals surface area contributed by atoms with E-state index in [1.165, 1.54) is 0 Å². The quantitative estimate of drug-likeness (QED) is 0.606. The number of hydrogen-bond acceptors (Lipinski definition) is 4. The largest absolute Gasteiger partial charge is 0.497 e. The zero-order valence-electron chi connectivity index (χ0n) is 12.1. The highest BCUT2D eigenvalue weighted by atomic mass is 16.5. The van der Waals surface area contributed by atoms with Gasteiger partial charge in [0.1, 0.15) is 12.4 Å². The second-order valence-corrected chi connectivity index (χ2v) is 4.66. The number of benzene rings is 2. The Balaban J connectivity index is 2.04. The number of hydrogen-bond donors (Lipinski definition) is 0. The van der Waals surface area contributed by atoms with E-state index in [0.29, 0.717) is 11.3 Å². The summed E-state index contributed by atoms with van der Waals surface area (Å²) >= 11 is 0. The first-order chi connectivity index (χ1) is 10.6. The van der Waals surface area contributed by atoms with Crippen LogP contribution in [0.2, 0.25) is 0 Å². The third-order valence-electron chi connectivity index (χ3n) is 3.17.